The lowest BCUT2D eigenvalue weighted by Crippen LogP contribution is -2.51. The number of hydrogen-bond acceptors (Lipinski definition) is 6. The maximum atomic E-state index is 12.6. The number of urea groups is 1. The number of amides is 3. The number of rotatable bonds is 3. The van der Waals surface area contributed by atoms with Gasteiger partial charge >= 0.3 is 6.03 Å². The van der Waals surface area contributed by atoms with Crippen molar-refractivity contribution in [3.05, 3.63) is 54.2 Å². The summed E-state index contributed by atoms with van der Waals surface area (Å²) < 4.78 is 6.74. The molecule has 1 N–H and O–H groups in total. The highest BCUT2D eigenvalue weighted by atomic mass is 16.3. The summed E-state index contributed by atoms with van der Waals surface area (Å²) in [6.07, 6.45) is 1.47. The fraction of sp³-hybridized carbons (Fsp3) is 0.278. The molecule has 1 fully saturated rings. The molecular weight excluding hydrogens is 362 g/mol. The first-order chi connectivity index (χ1) is 13.6. The first kappa shape index (κ1) is 17.7. The summed E-state index contributed by atoms with van der Waals surface area (Å²) >= 11 is 0. The standard InChI is InChI=1S/C18H19N7O3/c1-13-20-21-22-25(13)15-5-2-4-14(12-15)19-18(27)24-9-7-23(8-10-24)17(26)16-6-3-11-28-16/h2-6,11-12H,7-10H2,1H3,(H,19,27). The molecule has 1 saturated heterocycles. The van der Waals surface area contributed by atoms with Crippen LogP contribution in [-0.2, 0) is 0 Å². The number of benzene rings is 1. The van der Waals surface area contributed by atoms with Gasteiger partial charge in [0.05, 0.1) is 12.0 Å². The highest BCUT2D eigenvalue weighted by Gasteiger charge is 2.26. The SMILES string of the molecule is Cc1nnnn1-c1cccc(NC(=O)N2CCN(C(=O)c3ccco3)CC2)c1. The van der Waals surface area contributed by atoms with Crippen LogP contribution < -0.4 is 5.32 Å². The Hall–Kier alpha value is -3.69. The van der Waals surface area contributed by atoms with E-state index in [1.54, 1.807) is 45.7 Å². The van der Waals surface area contributed by atoms with E-state index in [1.807, 2.05) is 12.1 Å². The van der Waals surface area contributed by atoms with Crippen LogP contribution in [0.25, 0.3) is 5.69 Å². The number of aryl methyl sites for hydroxylation is 1. The van der Waals surface area contributed by atoms with Gasteiger partial charge in [0.1, 0.15) is 0 Å². The summed E-state index contributed by atoms with van der Waals surface area (Å²) in [6, 6.07) is 10.4. The number of carbonyl (C=O) groups excluding carboxylic acids is 2. The second kappa shape index (κ2) is 7.51. The van der Waals surface area contributed by atoms with Crippen molar-refractivity contribution in [2.45, 2.75) is 6.92 Å². The maximum Gasteiger partial charge on any atom is 0.321 e. The summed E-state index contributed by atoms with van der Waals surface area (Å²) in [6.45, 7) is 3.61. The van der Waals surface area contributed by atoms with E-state index in [1.165, 1.54) is 6.26 Å². The zero-order chi connectivity index (χ0) is 19.5. The molecule has 3 heterocycles. The molecule has 144 valence electrons. The molecule has 1 aromatic carbocycles. The topological polar surface area (TPSA) is 109 Å². The normalized spacial score (nSPS) is 14.2. The molecule has 3 amide bonds. The Labute approximate surface area is 160 Å². The smallest absolute Gasteiger partial charge is 0.321 e. The van der Waals surface area contributed by atoms with Gasteiger partial charge in [0.15, 0.2) is 11.6 Å². The lowest BCUT2D eigenvalue weighted by Gasteiger charge is -2.34. The molecule has 1 aliphatic rings. The second-order valence-electron chi connectivity index (χ2n) is 6.37. The third-order valence-electron chi connectivity index (χ3n) is 4.55. The summed E-state index contributed by atoms with van der Waals surface area (Å²) in [4.78, 5) is 28.2. The molecule has 0 aliphatic carbocycles. The fourth-order valence-corrected chi connectivity index (χ4v) is 3.06. The predicted molar refractivity (Wildman–Crippen MR) is 99.1 cm³/mol. The van der Waals surface area contributed by atoms with Crippen LogP contribution in [0.4, 0.5) is 10.5 Å². The third-order valence-corrected chi connectivity index (χ3v) is 4.55. The Morgan fingerprint density at radius 2 is 1.86 bits per heavy atom. The molecule has 0 radical (unpaired) electrons. The number of carbonyl (C=O) groups is 2. The highest BCUT2D eigenvalue weighted by Crippen LogP contribution is 2.16. The monoisotopic (exact) mass is 381 g/mol. The van der Waals surface area contributed by atoms with Crippen LogP contribution >= 0.6 is 0 Å². The van der Waals surface area contributed by atoms with E-state index in [-0.39, 0.29) is 11.9 Å². The molecule has 0 atom stereocenters. The number of aromatic nitrogens is 4. The molecule has 2 aromatic heterocycles. The number of piperazine rings is 1. The first-order valence-corrected chi connectivity index (χ1v) is 8.86. The summed E-state index contributed by atoms with van der Waals surface area (Å²) in [5.41, 5.74) is 1.40. The Bertz CT molecular complexity index is 975. The van der Waals surface area contributed by atoms with Crippen molar-refractivity contribution in [3.63, 3.8) is 0 Å². The maximum absolute atomic E-state index is 12.6. The van der Waals surface area contributed by atoms with Gasteiger partial charge in [-0.05, 0) is 47.7 Å². The van der Waals surface area contributed by atoms with Crippen molar-refractivity contribution in [3.8, 4) is 5.69 Å². The van der Waals surface area contributed by atoms with Gasteiger partial charge in [-0.2, -0.15) is 4.68 Å². The van der Waals surface area contributed by atoms with Crippen LogP contribution in [-0.4, -0.2) is 68.1 Å². The van der Waals surface area contributed by atoms with E-state index in [0.29, 0.717) is 43.5 Å². The third kappa shape index (κ3) is 3.56. The van der Waals surface area contributed by atoms with Gasteiger partial charge < -0.3 is 19.5 Å². The minimum atomic E-state index is -0.212. The van der Waals surface area contributed by atoms with E-state index in [2.05, 4.69) is 20.8 Å². The summed E-state index contributed by atoms with van der Waals surface area (Å²) in [5, 5.41) is 14.3. The molecule has 10 nitrogen and oxygen atoms in total. The molecule has 1 aliphatic heterocycles. The molecule has 0 unspecified atom stereocenters. The zero-order valence-corrected chi connectivity index (χ0v) is 15.3. The Morgan fingerprint density at radius 1 is 1.07 bits per heavy atom. The molecular formula is C18H19N7O3. The van der Waals surface area contributed by atoms with Crippen LogP contribution in [0, 0.1) is 6.92 Å². The van der Waals surface area contributed by atoms with Crippen molar-refractivity contribution < 1.29 is 14.0 Å². The van der Waals surface area contributed by atoms with E-state index >= 15 is 0 Å². The van der Waals surface area contributed by atoms with Crippen LogP contribution in [0.5, 0.6) is 0 Å². The average Bonchev–Trinajstić information content (AvgIpc) is 3.39. The number of tetrazole rings is 1. The molecule has 4 rings (SSSR count). The number of nitrogens with zero attached hydrogens (tertiary/aromatic N) is 6. The van der Waals surface area contributed by atoms with Gasteiger partial charge in [0.25, 0.3) is 5.91 Å². The average molecular weight is 381 g/mol. The van der Waals surface area contributed by atoms with Gasteiger partial charge in [0.2, 0.25) is 0 Å². The summed E-state index contributed by atoms with van der Waals surface area (Å²) in [5.74, 6) is 0.808. The van der Waals surface area contributed by atoms with Crippen LogP contribution in [0.1, 0.15) is 16.4 Å². The Kier molecular flexibility index (Phi) is 4.75. The lowest BCUT2D eigenvalue weighted by molar-refractivity contribution is 0.0640. The zero-order valence-electron chi connectivity index (χ0n) is 15.3. The van der Waals surface area contributed by atoms with Crippen molar-refractivity contribution >= 4 is 17.6 Å². The number of anilines is 1. The van der Waals surface area contributed by atoms with Crippen molar-refractivity contribution in [1.29, 1.82) is 0 Å². The van der Waals surface area contributed by atoms with E-state index in [4.69, 9.17) is 4.42 Å². The van der Waals surface area contributed by atoms with E-state index in [0.717, 1.165) is 5.69 Å². The van der Waals surface area contributed by atoms with Gasteiger partial charge in [-0.3, -0.25) is 4.79 Å². The number of furan rings is 1. The van der Waals surface area contributed by atoms with Crippen molar-refractivity contribution in [2.75, 3.05) is 31.5 Å². The first-order valence-electron chi connectivity index (χ1n) is 8.86. The van der Waals surface area contributed by atoms with Gasteiger partial charge in [0, 0.05) is 31.9 Å². The molecule has 0 saturated carbocycles. The Morgan fingerprint density at radius 3 is 2.54 bits per heavy atom. The molecule has 3 aromatic rings. The second-order valence-corrected chi connectivity index (χ2v) is 6.37. The van der Waals surface area contributed by atoms with Crippen molar-refractivity contribution in [1.82, 2.24) is 30.0 Å². The Balaban J connectivity index is 1.36. The van der Waals surface area contributed by atoms with Crippen molar-refractivity contribution in [2.24, 2.45) is 0 Å². The predicted octanol–water partition coefficient (Wildman–Crippen LogP) is 1.55. The van der Waals surface area contributed by atoms with E-state index in [9.17, 15) is 9.59 Å². The highest BCUT2D eigenvalue weighted by molar-refractivity contribution is 5.92. The molecule has 0 bridgehead atoms. The number of hydrogen-bond donors (Lipinski definition) is 1. The molecule has 28 heavy (non-hydrogen) atoms. The van der Waals surface area contributed by atoms with Gasteiger partial charge in [-0.15, -0.1) is 5.10 Å². The van der Waals surface area contributed by atoms with Crippen LogP contribution in [0.15, 0.2) is 47.1 Å². The van der Waals surface area contributed by atoms with Gasteiger partial charge in [-0.25, -0.2) is 4.79 Å². The minimum Gasteiger partial charge on any atom is -0.459 e. The van der Waals surface area contributed by atoms with Gasteiger partial charge in [-0.1, -0.05) is 6.07 Å². The largest absolute Gasteiger partial charge is 0.459 e. The fourth-order valence-electron chi connectivity index (χ4n) is 3.06. The molecule has 10 heteroatoms. The number of nitrogens with one attached hydrogen (secondary N) is 1. The molecule has 0 spiro atoms. The minimum absolute atomic E-state index is 0.158. The quantitative estimate of drug-likeness (QED) is 0.737. The summed E-state index contributed by atoms with van der Waals surface area (Å²) in [7, 11) is 0. The van der Waals surface area contributed by atoms with E-state index < -0.39 is 0 Å². The van der Waals surface area contributed by atoms with Crippen LogP contribution in [0.3, 0.4) is 0 Å². The lowest BCUT2D eigenvalue weighted by atomic mass is 10.2. The van der Waals surface area contributed by atoms with Crippen LogP contribution in [0.2, 0.25) is 0 Å².